The highest BCUT2D eigenvalue weighted by Gasteiger charge is 2.30. The van der Waals surface area contributed by atoms with E-state index in [1.807, 2.05) is 0 Å². The van der Waals surface area contributed by atoms with Crippen LogP contribution in [-0.4, -0.2) is 11.1 Å². The van der Waals surface area contributed by atoms with Crippen LogP contribution in [0.4, 0.5) is 0 Å². The van der Waals surface area contributed by atoms with Crippen molar-refractivity contribution in [1.82, 2.24) is 0 Å². The molecular formula is C8H12O2. The molecule has 56 valence electrons. The summed E-state index contributed by atoms with van der Waals surface area (Å²) in [5.74, 6) is -0.520. The topological polar surface area (TPSA) is 37.3 Å². The first-order valence-corrected chi connectivity index (χ1v) is 3.50. The normalized spacial score (nSPS) is 21.9. The van der Waals surface area contributed by atoms with Crippen molar-refractivity contribution in [3.8, 4) is 0 Å². The number of aliphatic carboxylic acids is 1. The number of rotatable bonds is 2. The van der Waals surface area contributed by atoms with E-state index in [0.717, 1.165) is 12.8 Å². The van der Waals surface area contributed by atoms with Gasteiger partial charge in [-0.1, -0.05) is 19.1 Å². The molecule has 1 aliphatic carbocycles. The van der Waals surface area contributed by atoms with E-state index in [1.165, 1.54) is 5.57 Å². The van der Waals surface area contributed by atoms with Crippen LogP contribution in [0.3, 0.4) is 0 Å². The summed E-state index contributed by atoms with van der Waals surface area (Å²) >= 11 is 0. The van der Waals surface area contributed by atoms with Crippen molar-refractivity contribution in [2.24, 2.45) is 11.8 Å². The summed E-state index contributed by atoms with van der Waals surface area (Å²) < 4.78 is 0. The van der Waals surface area contributed by atoms with E-state index in [-0.39, 0.29) is 5.92 Å². The molecule has 1 unspecified atom stereocenters. The zero-order valence-electron chi connectivity index (χ0n) is 6.13. The lowest BCUT2D eigenvalue weighted by Crippen LogP contribution is -2.27. The van der Waals surface area contributed by atoms with E-state index in [0.29, 0.717) is 5.92 Å². The fourth-order valence-corrected chi connectivity index (χ4v) is 1.24. The first kappa shape index (κ1) is 7.32. The van der Waals surface area contributed by atoms with Crippen LogP contribution in [0.1, 0.15) is 19.8 Å². The van der Waals surface area contributed by atoms with Gasteiger partial charge < -0.3 is 5.11 Å². The van der Waals surface area contributed by atoms with Gasteiger partial charge in [0.1, 0.15) is 0 Å². The maximum Gasteiger partial charge on any atom is 0.306 e. The van der Waals surface area contributed by atoms with Crippen molar-refractivity contribution >= 4 is 5.97 Å². The van der Waals surface area contributed by atoms with E-state index in [1.54, 1.807) is 6.92 Å². The Bertz CT molecular complexity index is 164. The minimum Gasteiger partial charge on any atom is -0.481 e. The Hall–Kier alpha value is -0.790. The van der Waals surface area contributed by atoms with Crippen LogP contribution in [-0.2, 0) is 4.79 Å². The zero-order valence-corrected chi connectivity index (χ0v) is 6.13. The molecule has 1 saturated carbocycles. The lowest BCUT2D eigenvalue weighted by molar-refractivity contribution is -0.143. The molecule has 1 N–H and O–H groups in total. The van der Waals surface area contributed by atoms with Crippen LogP contribution in [0.25, 0.3) is 0 Å². The summed E-state index contributed by atoms with van der Waals surface area (Å²) in [4.78, 5) is 10.4. The van der Waals surface area contributed by atoms with Gasteiger partial charge in [-0.2, -0.15) is 0 Å². The Kier molecular flexibility index (Phi) is 1.79. The molecule has 2 nitrogen and oxygen atoms in total. The van der Waals surface area contributed by atoms with Gasteiger partial charge in [-0.05, 0) is 18.8 Å². The Balaban J connectivity index is 2.37. The van der Waals surface area contributed by atoms with Crippen molar-refractivity contribution in [2.45, 2.75) is 19.8 Å². The molecule has 0 aromatic carbocycles. The molecule has 0 aliphatic heterocycles. The van der Waals surface area contributed by atoms with Gasteiger partial charge in [0.2, 0.25) is 0 Å². The summed E-state index contributed by atoms with van der Waals surface area (Å²) in [5, 5.41) is 8.57. The molecule has 0 saturated heterocycles. The molecule has 1 aliphatic rings. The second kappa shape index (κ2) is 2.45. The molecule has 0 heterocycles. The summed E-state index contributed by atoms with van der Waals surface area (Å²) in [7, 11) is 0. The van der Waals surface area contributed by atoms with E-state index in [2.05, 4.69) is 6.58 Å². The van der Waals surface area contributed by atoms with Gasteiger partial charge in [0.25, 0.3) is 0 Å². The van der Waals surface area contributed by atoms with Crippen LogP contribution < -0.4 is 0 Å². The Morgan fingerprint density at radius 1 is 1.80 bits per heavy atom. The van der Waals surface area contributed by atoms with Crippen LogP contribution in [0.2, 0.25) is 0 Å². The highest BCUT2D eigenvalue weighted by molar-refractivity contribution is 5.70. The number of hydrogen-bond donors (Lipinski definition) is 1. The first-order chi connectivity index (χ1) is 4.61. The van der Waals surface area contributed by atoms with Crippen molar-refractivity contribution in [3.63, 3.8) is 0 Å². The summed E-state index contributed by atoms with van der Waals surface area (Å²) in [6.07, 6.45) is 1.82. The second-order valence-corrected chi connectivity index (χ2v) is 3.05. The Labute approximate surface area is 60.6 Å². The summed E-state index contributed by atoms with van der Waals surface area (Å²) in [6.45, 7) is 5.52. The second-order valence-electron chi connectivity index (χ2n) is 3.05. The number of hydrogen-bond acceptors (Lipinski definition) is 1. The standard InChI is InChI=1S/C8H12O2/c1-5-3-7(4-5)6(2)8(9)10/h6-7H,1,3-4H2,2H3,(H,9,10). The van der Waals surface area contributed by atoms with Crippen molar-refractivity contribution < 1.29 is 9.90 Å². The van der Waals surface area contributed by atoms with Crippen molar-refractivity contribution in [3.05, 3.63) is 12.2 Å². The number of allylic oxidation sites excluding steroid dienone is 1. The van der Waals surface area contributed by atoms with Gasteiger partial charge in [0, 0.05) is 0 Å². The van der Waals surface area contributed by atoms with Gasteiger partial charge in [-0.15, -0.1) is 0 Å². The molecule has 0 aromatic heterocycles. The van der Waals surface area contributed by atoms with Crippen LogP contribution >= 0.6 is 0 Å². The third-order valence-electron chi connectivity index (χ3n) is 2.20. The van der Waals surface area contributed by atoms with Crippen LogP contribution in [0.5, 0.6) is 0 Å². The maximum atomic E-state index is 10.4. The van der Waals surface area contributed by atoms with E-state index < -0.39 is 5.97 Å². The predicted octanol–water partition coefficient (Wildman–Crippen LogP) is 1.67. The molecule has 10 heavy (non-hydrogen) atoms. The Morgan fingerprint density at radius 2 is 2.30 bits per heavy atom. The van der Waals surface area contributed by atoms with Gasteiger partial charge in [0.15, 0.2) is 0 Å². The molecule has 0 aromatic rings. The number of carboxylic acid groups (broad SMARTS) is 1. The average Bonchev–Trinajstić information content (AvgIpc) is 1.79. The van der Waals surface area contributed by atoms with Gasteiger partial charge in [-0.25, -0.2) is 0 Å². The predicted molar refractivity (Wildman–Crippen MR) is 38.7 cm³/mol. The third kappa shape index (κ3) is 1.20. The van der Waals surface area contributed by atoms with Gasteiger partial charge in [0.05, 0.1) is 5.92 Å². The first-order valence-electron chi connectivity index (χ1n) is 3.50. The van der Waals surface area contributed by atoms with Crippen LogP contribution in [0, 0.1) is 11.8 Å². The number of carbonyl (C=O) groups is 1. The Morgan fingerprint density at radius 3 is 2.60 bits per heavy atom. The fourth-order valence-electron chi connectivity index (χ4n) is 1.24. The lowest BCUT2D eigenvalue weighted by Gasteiger charge is -2.31. The van der Waals surface area contributed by atoms with Gasteiger partial charge >= 0.3 is 5.97 Å². The molecule has 0 amide bonds. The largest absolute Gasteiger partial charge is 0.481 e. The van der Waals surface area contributed by atoms with Gasteiger partial charge in [-0.3, -0.25) is 4.79 Å². The third-order valence-corrected chi connectivity index (χ3v) is 2.20. The fraction of sp³-hybridized carbons (Fsp3) is 0.625. The highest BCUT2D eigenvalue weighted by atomic mass is 16.4. The highest BCUT2D eigenvalue weighted by Crippen LogP contribution is 2.36. The van der Waals surface area contributed by atoms with E-state index >= 15 is 0 Å². The smallest absolute Gasteiger partial charge is 0.306 e. The molecule has 0 radical (unpaired) electrons. The monoisotopic (exact) mass is 140 g/mol. The average molecular weight is 140 g/mol. The SMILES string of the molecule is C=C1CC(C(C)C(=O)O)C1. The lowest BCUT2D eigenvalue weighted by atomic mass is 9.74. The molecule has 1 fully saturated rings. The molecule has 1 rings (SSSR count). The molecule has 0 spiro atoms. The van der Waals surface area contributed by atoms with E-state index in [4.69, 9.17) is 5.11 Å². The zero-order chi connectivity index (χ0) is 7.72. The minimum absolute atomic E-state index is 0.189. The molecule has 1 atom stereocenters. The van der Waals surface area contributed by atoms with Crippen molar-refractivity contribution in [2.75, 3.05) is 0 Å². The molecule has 0 bridgehead atoms. The number of carboxylic acids is 1. The molecular weight excluding hydrogens is 128 g/mol. The quantitative estimate of drug-likeness (QED) is 0.592. The maximum absolute atomic E-state index is 10.4. The summed E-state index contributed by atoms with van der Waals surface area (Å²) in [5.41, 5.74) is 1.19. The minimum atomic E-state index is -0.683. The molecule has 2 heteroatoms. The van der Waals surface area contributed by atoms with E-state index in [9.17, 15) is 4.79 Å². The van der Waals surface area contributed by atoms with Crippen molar-refractivity contribution in [1.29, 1.82) is 0 Å². The summed E-state index contributed by atoms with van der Waals surface area (Å²) in [6, 6.07) is 0. The van der Waals surface area contributed by atoms with Crippen LogP contribution in [0.15, 0.2) is 12.2 Å².